The van der Waals surface area contributed by atoms with Gasteiger partial charge >= 0.3 is 6.03 Å². The predicted octanol–water partition coefficient (Wildman–Crippen LogP) is 4.14. The second kappa shape index (κ2) is 7.09. The molecule has 126 valence electrons. The Balaban J connectivity index is 1.58. The summed E-state index contributed by atoms with van der Waals surface area (Å²) in [6.07, 6.45) is 0. The first-order valence-corrected chi connectivity index (χ1v) is 8.23. The Labute approximate surface area is 145 Å². The highest BCUT2D eigenvalue weighted by Crippen LogP contribution is 2.21. The summed E-state index contributed by atoms with van der Waals surface area (Å²) in [4.78, 5) is 16.3. The molecule has 0 unspecified atom stereocenters. The molecular weight excluding hydrogens is 329 g/mol. The van der Waals surface area contributed by atoms with E-state index in [0.29, 0.717) is 18.8 Å². The minimum absolute atomic E-state index is 0.00272. The summed E-state index contributed by atoms with van der Waals surface area (Å²) in [5, 5.41) is 2.76. The van der Waals surface area contributed by atoms with E-state index in [1.807, 2.05) is 6.07 Å². The van der Waals surface area contributed by atoms with E-state index < -0.39 is 5.82 Å². The van der Waals surface area contributed by atoms with Crippen LogP contribution < -0.4 is 10.2 Å². The fraction of sp³-hybridized carbons (Fsp3) is 0.278. The van der Waals surface area contributed by atoms with Crippen LogP contribution in [0.3, 0.4) is 0 Å². The third-order valence-electron chi connectivity index (χ3n) is 4.10. The molecule has 0 aliphatic carbocycles. The first-order valence-electron chi connectivity index (χ1n) is 7.85. The van der Waals surface area contributed by atoms with Gasteiger partial charge in [-0.05, 0) is 42.8 Å². The SMILES string of the molecule is Cc1cccc(N2CCN(C(=O)Nc3ccc(F)c(Cl)c3)CC2)c1. The fourth-order valence-corrected chi connectivity index (χ4v) is 2.95. The van der Waals surface area contributed by atoms with Gasteiger partial charge in [-0.1, -0.05) is 23.7 Å². The van der Waals surface area contributed by atoms with Gasteiger partial charge in [0.2, 0.25) is 0 Å². The Morgan fingerprint density at radius 3 is 2.54 bits per heavy atom. The lowest BCUT2D eigenvalue weighted by Crippen LogP contribution is -2.50. The van der Waals surface area contributed by atoms with Crippen molar-refractivity contribution in [2.75, 3.05) is 36.4 Å². The van der Waals surface area contributed by atoms with Crippen molar-refractivity contribution < 1.29 is 9.18 Å². The van der Waals surface area contributed by atoms with Crippen LogP contribution >= 0.6 is 11.6 Å². The average molecular weight is 348 g/mol. The normalized spacial score (nSPS) is 14.6. The van der Waals surface area contributed by atoms with E-state index in [9.17, 15) is 9.18 Å². The number of carbonyl (C=O) groups is 1. The lowest BCUT2D eigenvalue weighted by Gasteiger charge is -2.36. The van der Waals surface area contributed by atoms with Crippen molar-refractivity contribution in [1.29, 1.82) is 0 Å². The first-order chi connectivity index (χ1) is 11.5. The number of anilines is 2. The Bertz CT molecular complexity index is 745. The number of hydrogen-bond acceptors (Lipinski definition) is 2. The highest BCUT2D eigenvalue weighted by atomic mass is 35.5. The summed E-state index contributed by atoms with van der Waals surface area (Å²) in [5.74, 6) is -0.499. The van der Waals surface area contributed by atoms with Crippen LogP contribution in [0.5, 0.6) is 0 Å². The molecule has 0 spiro atoms. The van der Waals surface area contributed by atoms with Crippen LogP contribution in [0.15, 0.2) is 42.5 Å². The summed E-state index contributed by atoms with van der Waals surface area (Å²) < 4.78 is 13.2. The molecule has 24 heavy (non-hydrogen) atoms. The smallest absolute Gasteiger partial charge is 0.321 e. The lowest BCUT2D eigenvalue weighted by atomic mass is 10.2. The van der Waals surface area contributed by atoms with Gasteiger partial charge in [0.1, 0.15) is 5.82 Å². The Morgan fingerprint density at radius 2 is 1.88 bits per heavy atom. The Hall–Kier alpha value is -2.27. The number of carbonyl (C=O) groups excluding carboxylic acids is 1. The van der Waals surface area contributed by atoms with Crippen LogP contribution in [-0.2, 0) is 0 Å². The molecule has 3 rings (SSSR count). The number of benzene rings is 2. The van der Waals surface area contributed by atoms with E-state index in [2.05, 4.69) is 35.3 Å². The molecular formula is C18H19ClFN3O. The molecule has 2 aromatic carbocycles. The monoisotopic (exact) mass is 347 g/mol. The second-order valence-electron chi connectivity index (χ2n) is 5.87. The molecule has 2 aromatic rings. The molecule has 1 aliphatic rings. The van der Waals surface area contributed by atoms with E-state index in [-0.39, 0.29) is 11.1 Å². The third-order valence-corrected chi connectivity index (χ3v) is 4.39. The fourth-order valence-electron chi connectivity index (χ4n) is 2.77. The van der Waals surface area contributed by atoms with Gasteiger partial charge in [-0.15, -0.1) is 0 Å². The average Bonchev–Trinajstić information content (AvgIpc) is 2.58. The van der Waals surface area contributed by atoms with Gasteiger partial charge in [0.15, 0.2) is 0 Å². The summed E-state index contributed by atoms with van der Waals surface area (Å²) >= 11 is 5.74. The molecule has 1 heterocycles. The van der Waals surface area contributed by atoms with E-state index in [1.54, 1.807) is 4.90 Å². The predicted molar refractivity (Wildman–Crippen MR) is 95.4 cm³/mol. The van der Waals surface area contributed by atoms with Crippen LogP contribution in [0.25, 0.3) is 0 Å². The number of nitrogens with one attached hydrogen (secondary N) is 1. The molecule has 0 aromatic heterocycles. The molecule has 0 bridgehead atoms. The van der Waals surface area contributed by atoms with Gasteiger partial charge in [-0.3, -0.25) is 0 Å². The molecule has 0 saturated carbocycles. The molecule has 1 aliphatic heterocycles. The number of aryl methyl sites for hydroxylation is 1. The van der Waals surface area contributed by atoms with Crippen LogP contribution in [0.1, 0.15) is 5.56 Å². The first kappa shape index (κ1) is 16.6. The van der Waals surface area contributed by atoms with E-state index in [4.69, 9.17) is 11.6 Å². The maximum Gasteiger partial charge on any atom is 0.321 e. The zero-order valence-electron chi connectivity index (χ0n) is 13.4. The molecule has 1 fully saturated rings. The Morgan fingerprint density at radius 1 is 1.12 bits per heavy atom. The maximum atomic E-state index is 13.2. The lowest BCUT2D eigenvalue weighted by molar-refractivity contribution is 0.208. The zero-order valence-corrected chi connectivity index (χ0v) is 14.2. The van der Waals surface area contributed by atoms with Crippen molar-refractivity contribution >= 4 is 29.0 Å². The second-order valence-corrected chi connectivity index (χ2v) is 6.28. The van der Waals surface area contributed by atoms with Crippen LogP contribution in [0, 0.1) is 12.7 Å². The van der Waals surface area contributed by atoms with Crippen molar-refractivity contribution in [2.24, 2.45) is 0 Å². The van der Waals surface area contributed by atoms with E-state index in [1.165, 1.54) is 29.4 Å². The molecule has 1 saturated heterocycles. The van der Waals surface area contributed by atoms with Crippen LogP contribution in [0.2, 0.25) is 5.02 Å². The number of halogens is 2. The molecule has 6 heteroatoms. The quantitative estimate of drug-likeness (QED) is 0.886. The highest BCUT2D eigenvalue weighted by Gasteiger charge is 2.21. The zero-order chi connectivity index (χ0) is 17.1. The summed E-state index contributed by atoms with van der Waals surface area (Å²) in [5.41, 5.74) is 2.90. The number of nitrogens with zero attached hydrogens (tertiary/aromatic N) is 2. The molecule has 0 radical (unpaired) electrons. The van der Waals surface area contributed by atoms with Crippen molar-refractivity contribution in [3.8, 4) is 0 Å². The van der Waals surface area contributed by atoms with Crippen molar-refractivity contribution in [1.82, 2.24) is 4.90 Å². The van der Waals surface area contributed by atoms with Gasteiger partial charge in [0.05, 0.1) is 5.02 Å². The third kappa shape index (κ3) is 3.79. The van der Waals surface area contributed by atoms with Gasteiger partial charge in [0.25, 0.3) is 0 Å². The highest BCUT2D eigenvalue weighted by molar-refractivity contribution is 6.31. The summed E-state index contributed by atoms with van der Waals surface area (Å²) in [6.45, 7) is 4.90. The van der Waals surface area contributed by atoms with Gasteiger partial charge in [-0.25, -0.2) is 9.18 Å². The molecule has 0 atom stereocenters. The van der Waals surface area contributed by atoms with Crippen molar-refractivity contribution in [2.45, 2.75) is 6.92 Å². The molecule has 2 amide bonds. The topological polar surface area (TPSA) is 35.6 Å². The Kier molecular flexibility index (Phi) is 4.90. The van der Waals surface area contributed by atoms with Gasteiger partial charge < -0.3 is 15.1 Å². The number of rotatable bonds is 2. The standard InChI is InChI=1S/C18H19ClFN3O/c1-13-3-2-4-15(11-13)22-7-9-23(10-8-22)18(24)21-14-5-6-17(20)16(19)12-14/h2-6,11-12H,7-10H2,1H3,(H,21,24). The van der Waals surface area contributed by atoms with Gasteiger partial charge in [0, 0.05) is 37.6 Å². The minimum Gasteiger partial charge on any atom is -0.368 e. The number of amides is 2. The van der Waals surface area contributed by atoms with Crippen molar-refractivity contribution in [3.05, 3.63) is 58.9 Å². The van der Waals surface area contributed by atoms with Crippen LogP contribution in [-0.4, -0.2) is 37.1 Å². The van der Waals surface area contributed by atoms with E-state index in [0.717, 1.165) is 13.1 Å². The summed E-state index contributed by atoms with van der Waals surface area (Å²) in [7, 11) is 0. The molecule has 1 N–H and O–H groups in total. The van der Waals surface area contributed by atoms with Crippen LogP contribution in [0.4, 0.5) is 20.6 Å². The van der Waals surface area contributed by atoms with E-state index >= 15 is 0 Å². The summed E-state index contributed by atoms with van der Waals surface area (Å²) in [6, 6.07) is 12.3. The van der Waals surface area contributed by atoms with Gasteiger partial charge in [-0.2, -0.15) is 0 Å². The largest absolute Gasteiger partial charge is 0.368 e. The number of piperazine rings is 1. The molecule has 4 nitrogen and oxygen atoms in total. The van der Waals surface area contributed by atoms with Crippen molar-refractivity contribution in [3.63, 3.8) is 0 Å². The number of hydrogen-bond donors (Lipinski definition) is 1. The maximum absolute atomic E-state index is 13.2. The minimum atomic E-state index is -0.499. The number of urea groups is 1.